The van der Waals surface area contributed by atoms with Crippen molar-refractivity contribution in [1.29, 1.82) is 0 Å². The number of hydroxylamine groups is 2. The highest BCUT2D eigenvalue weighted by Crippen LogP contribution is 2.40. The van der Waals surface area contributed by atoms with Crippen molar-refractivity contribution in [1.82, 2.24) is 11.0 Å². The van der Waals surface area contributed by atoms with Gasteiger partial charge in [-0.05, 0) is 239 Å². The summed E-state index contributed by atoms with van der Waals surface area (Å²) in [7, 11) is 5.50. The molecule has 10 rings (SSSR count). The molecular formula is C114H149Cl5N4O26. The molecule has 10 atom stereocenters. The predicted molar refractivity (Wildman–Crippen MR) is 580 cm³/mol. The van der Waals surface area contributed by atoms with Crippen molar-refractivity contribution in [3.05, 3.63) is 265 Å². The fraction of sp³-hybridized carbons (Fsp3) is 0.491. The van der Waals surface area contributed by atoms with E-state index < -0.39 is 72.4 Å². The van der Waals surface area contributed by atoms with Crippen molar-refractivity contribution < 1.29 is 126 Å². The lowest BCUT2D eigenvalue weighted by Crippen LogP contribution is -2.33. The van der Waals surface area contributed by atoms with Crippen LogP contribution in [0.25, 0.3) is 0 Å². The van der Waals surface area contributed by atoms with Gasteiger partial charge < -0.3 is 77.5 Å². The zero-order valence-corrected chi connectivity index (χ0v) is 92.8. The lowest BCUT2D eigenvalue weighted by molar-refractivity contribution is -0.146. The molecule has 0 saturated carbocycles. The molecule has 0 bridgehead atoms. The van der Waals surface area contributed by atoms with Crippen LogP contribution in [-0.2, 0) is 113 Å². The third-order valence-electron chi connectivity index (χ3n) is 24.3. The summed E-state index contributed by atoms with van der Waals surface area (Å²) in [5.74, 6) is -3.98. The summed E-state index contributed by atoms with van der Waals surface area (Å²) in [4.78, 5) is 121. The average Bonchev–Trinajstić information content (AvgIpc) is 0.808. The number of rotatable bonds is 17. The number of cyclic esters (lactones) is 5. The van der Waals surface area contributed by atoms with Gasteiger partial charge in [-0.1, -0.05) is 191 Å². The number of nitrogens with zero attached hydrogens (tertiary/aromatic N) is 2. The number of carbonyl (C=O) groups is 8. The van der Waals surface area contributed by atoms with Crippen LogP contribution in [-0.4, -0.2) is 195 Å². The lowest BCUT2D eigenvalue weighted by atomic mass is 9.92. The van der Waals surface area contributed by atoms with E-state index in [1.54, 1.807) is 13.0 Å². The largest absolute Gasteiger partial charge is 0.507 e. The second kappa shape index (κ2) is 66.5. The number of ether oxygens (including phenoxy) is 10. The molecule has 816 valence electrons. The van der Waals surface area contributed by atoms with E-state index in [0.29, 0.717) is 171 Å². The molecule has 5 aromatic carbocycles. The SMILES string of the molecule is C=C(CONC1CC/C=C/CC(C)OC(=O)c2c(C)cc(C)c(Cl)c2C/C(=N/OCC(=O)OC)C1)OC.C=C(CONC1CC/C=C/CC(C)OC(=O)c2c(O)cc(O)c(Cl)c2C/C(=N/OCC(=O)OC)C1)OC.CC(=O)OC1/C=C/CC/C=C/C[C@@H](C)OC(=O)c2c(C)cc(C)c(Cl)c2C1.Cc1cc(C)c2c(c1Cl)CC(O)/C=C/CC/C=C/C[C@@H](C)OC2=O.Cc1cc(C)c2c(c1Cl)CC(O)CCCC/C=C/C[C@@H](C)OC2=O. The number of methoxy groups -OCH3 is 4. The van der Waals surface area contributed by atoms with Gasteiger partial charge in [0.05, 0.1) is 79.3 Å². The Balaban J connectivity index is 0.000000288. The fourth-order valence-corrected chi connectivity index (χ4v) is 17.8. The highest BCUT2D eigenvalue weighted by atomic mass is 35.5. The van der Waals surface area contributed by atoms with Gasteiger partial charge in [0.15, 0.2) is 0 Å². The van der Waals surface area contributed by atoms with Crippen LogP contribution in [0.15, 0.2) is 150 Å². The van der Waals surface area contributed by atoms with Gasteiger partial charge in [-0.3, -0.25) is 14.5 Å². The Labute approximate surface area is 901 Å². The third kappa shape index (κ3) is 43.6. The molecule has 0 aliphatic carbocycles. The van der Waals surface area contributed by atoms with E-state index in [-0.39, 0.29) is 110 Å². The van der Waals surface area contributed by atoms with Crippen LogP contribution in [0.2, 0.25) is 25.1 Å². The Bertz CT molecular complexity index is 5500. The Kier molecular flexibility index (Phi) is 56.5. The molecular weight excluding hydrogens is 2020 g/mol. The number of aryl methyl sites for hydroxylation is 8. The van der Waals surface area contributed by atoms with Crippen molar-refractivity contribution in [3.8, 4) is 11.5 Å². The number of hydrogen-bond acceptors (Lipinski definition) is 30. The monoisotopic (exact) mass is 2160 g/mol. The van der Waals surface area contributed by atoms with Crippen molar-refractivity contribution in [3.63, 3.8) is 0 Å². The highest BCUT2D eigenvalue weighted by Gasteiger charge is 2.33. The van der Waals surface area contributed by atoms with Crippen LogP contribution >= 0.6 is 58.0 Å². The summed E-state index contributed by atoms with van der Waals surface area (Å²) >= 11 is 32.6. The third-order valence-corrected chi connectivity index (χ3v) is 26.8. The average molecular weight is 2170 g/mol. The highest BCUT2D eigenvalue weighted by molar-refractivity contribution is 6.35. The summed E-state index contributed by atoms with van der Waals surface area (Å²) in [6.07, 6.45) is 39.6. The van der Waals surface area contributed by atoms with Gasteiger partial charge in [-0.15, -0.1) is 0 Å². The number of aliphatic hydroxyl groups excluding tert-OH is 2. The number of nitrogens with one attached hydrogen (secondary N) is 2. The lowest BCUT2D eigenvalue weighted by Gasteiger charge is -2.22. The maximum Gasteiger partial charge on any atom is 0.346 e. The number of oxime groups is 2. The molecule has 6 N–H and O–H groups in total. The molecule has 0 saturated heterocycles. The number of phenols is 2. The number of benzene rings is 5. The van der Waals surface area contributed by atoms with Gasteiger partial charge in [0.2, 0.25) is 13.2 Å². The van der Waals surface area contributed by atoms with Gasteiger partial charge in [0.1, 0.15) is 78.4 Å². The van der Waals surface area contributed by atoms with Gasteiger partial charge >= 0.3 is 47.8 Å². The molecule has 5 aromatic rings. The molecule has 0 spiro atoms. The van der Waals surface area contributed by atoms with Gasteiger partial charge in [0, 0.05) is 122 Å². The fourth-order valence-electron chi connectivity index (χ4n) is 16.7. The zero-order chi connectivity index (χ0) is 110. The molecule has 0 amide bonds. The van der Waals surface area contributed by atoms with Gasteiger partial charge in [0.25, 0.3) is 0 Å². The summed E-state index contributed by atoms with van der Waals surface area (Å²) in [5.41, 5.74) is 18.0. The van der Waals surface area contributed by atoms with Crippen molar-refractivity contribution in [2.24, 2.45) is 10.3 Å². The van der Waals surface area contributed by atoms with Crippen LogP contribution in [0.1, 0.15) is 288 Å². The Morgan fingerprint density at radius 3 is 1.10 bits per heavy atom. The number of hydrogen-bond donors (Lipinski definition) is 6. The second-order valence-corrected chi connectivity index (χ2v) is 39.2. The zero-order valence-electron chi connectivity index (χ0n) is 89.0. The van der Waals surface area contributed by atoms with E-state index in [2.05, 4.69) is 68.2 Å². The second-order valence-electron chi connectivity index (χ2n) is 37.3. The van der Waals surface area contributed by atoms with E-state index in [1.165, 1.54) is 35.4 Å². The number of phenolic OH excluding ortho intramolecular Hbond substituents is 2. The molecule has 30 nitrogen and oxygen atoms in total. The van der Waals surface area contributed by atoms with E-state index >= 15 is 0 Å². The first-order valence-corrected chi connectivity index (χ1v) is 52.0. The Morgan fingerprint density at radius 1 is 0.383 bits per heavy atom. The van der Waals surface area contributed by atoms with Crippen LogP contribution in [0, 0.1) is 55.4 Å². The molecule has 5 aliphatic heterocycles. The van der Waals surface area contributed by atoms with Crippen LogP contribution < -0.4 is 11.0 Å². The first-order chi connectivity index (χ1) is 70.9. The molecule has 0 aromatic heterocycles. The van der Waals surface area contributed by atoms with Crippen LogP contribution in [0.4, 0.5) is 0 Å². The minimum Gasteiger partial charge on any atom is -0.507 e. The van der Waals surface area contributed by atoms with Crippen molar-refractivity contribution in [2.75, 3.05) is 54.9 Å². The Hall–Kier alpha value is -11.1. The molecule has 35 heteroatoms. The minimum atomic E-state index is -0.807. The maximum atomic E-state index is 13.2. The van der Waals surface area contributed by atoms with Crippen molar-refractivity contribution >= 4 is 117 Å². The summed E-state index contributed by atoms with van der Waals surface area (Å²) in [6, 6.07) is 8.04. The number of aromatic hydroxyl groups is 2. The van der Waals surface area contributed by atoms with E-state index in [9.17, 15) is 58.8 Å². The summed E-state index contributed by atoms with van der Waals surface area (Å²) < 4.78 is 52.8. The van der Waals surface area contributed by atoms with Crippen molar-refractivity contribution in [2.45, 2.75) is 312 Å². The van der Waals surface area contributed by atoms with Gasteiger partial charge in [-0.2, -0.15) is 11.0 Å². The minimum absolute atomic E-state index is 0.0943. The number of halogens is 5. The Morgan fingerprint density at radius 2 is 0.718 bits per heavy atom. The smallest absolute Gasteiger partial charge is 0.346 e. The molecule has 0 radical (unpaired) electrons. The first-order valence-electron chi connectivity index (χ1n) is 50.1. The number of allylic oxidation sites excluding steroid dienone is 7. The molecule has 149 heavy (non-hydrogen) atoms. The summed E-state index contributed by atoms with van der Waals surface area (Å²) in [6.45, 7) is 32.7. The maximum absolute atomic E-state index is 13.2. The molecule has 7 unspecified atom stereocenters. The number of aliphatic hydroxyl groups is 2. The molecule has 5 heterocycles. The van der Waals surface area contributed by atoms with Crippen LogP contribution in [0.5, 0.6) is 11.5 Å². The molecule has 5 aliphatic rings. The number of esters is 8. The standard InChI is InChI=1S/C27H37ClN2O7.C25H33ClN2O9.C22H27ClO4.C20H27ClO3.C20H25ClO3/c1-17-12-18(2)26(28)23-14-22(30-36-16-24(31)34-6)13-21(29-35-15-20(4)33-5)11-9-7-8-10-19(3)37-27(32)25(17)23;1-15-8-6-5-7-9-17(27-35-13-16(2)33-3)10-18(28-36-14-22(31)34-4)11-19-23(25(32)37-15)20(29)12-21(30)24(19)26;1-14-12-15(2)21(23)19-13-18(27-17(4)24)11-9-7-5-6-8-10-16(3)26-22(25)20(14)19;2*1-13-11-14(2)19(21)17-12-16(22)10-8-6-4-5-7-9-15(3)24-20(23)18(13)17/h7-8,12,19,21,29H,4,9-11,13-16H2,1-3,5-6H3;5-6,12,15,17,27,29-30H,2,7-11,13-14H2,1,3-4H3;6,8-9,11-12,16,18H,5,7,10,13H2,1-4H3;5,7,11,15-16,22H,4,6,8-10,12H2,1-3H3;5,7-8,10-11,15-16,22H,4,6,9,12H2,1-3H3/b8-7+,30-22+;6-5+,28-18+;8-6+,11-9+;7-5+;7-5+,10-8+/t;;16-,18?;2*15-,16?/m..111/s1. The van der Waals surface area contributed by atoms with E-state index in [0.717, 1.165) is 102 Å². The van der Waals surface area contributed by atoms with Crippen LogP contribution in [0.3, 0.4) is 0 Å². The van der Waals surface area contributed by atoms with Gasteiger partial charge in [-0.25, -0.2) is 33.6 Å². The number of fused-ring (bicyclic) bond motifs is 5. The number of carbonyl (C=O) groups excluding carboxylic acids is 8. The van der Waals surface area contributed by atoms with E-state index in [4.69, 9.17) is 115 Å². The molecule has 0 fully saturated rings. The normalized spacial score (nSPS) is 22.6. The summed E-state index contributed by atoms with van der Waals surface area (Å²) in [5, 5.41) is 51.6. The topological polar surface area (TPSA) is 395 Å². The predicted octanol–water partition coefficient (Wildman–Crippen LogP) is 23.2. The van der Waals surface area contributed by atoms with E-state index in [1.807, 2.05) is 162 Å². The quantitative estimate of drug-likeness (QED) is 0.0165. The first kappa shape index (κ1) is 127.